The zero-order valence-corrected chi connectivity index (χ0v) is 13.8. The van der Waals surface area contributed by atoms with Crippen molar-refractivity contribution in [2.45, 2.75) is 70.8 Å². The van der Waals surface area contributed by atoms with Crippen molar-refractivity contribution in [1.82, 2.24) is 0 Å². The third-order valence-electron chi connectivity index (χ3n) is 4.35. The number of para-hydroxylation sites is 1. The van der Waals surface area contributed by atoms with Crippen LogP contribution < -0.4 is 4.74 Å². The normalized spacial score (nSPS) is 21.4. The Kier molecular flexibility index (Phi) is 6.75. The third kappa shape index (κ3) is 4.49. The van der Waals surface area contributed by atoms with Gasteiger partial charge in [0.05, 0.1) is 6.61 Å². The summed E-state index contributed by atoms with van der Waals surface area (Å²) in [5.74, 6) is 1.13. The predicted molar refractivity (Wildman–Crippen MR) is 88.2 cm³/mol. The van der Waals surface area contributed by atoms with E-state index >= 15 is 0 Å². The highest BCUT2D eigenvalue weighted by Crippen LogP contribution is 2.39. The van der Waals surface area contributed by atoms with Crippen molar-refractivity contribution in [3.63, 3.8) is 0 Å². The number of hydrogen-bond donors (Lipinski definition) is 0. The summed E-state index contributed by atoms with van der Waals surface area (Å²) in [5, 5.41) is 0. The highest BCUT2D eigenvalue weighted by atomic mass is 16.5. The molecule has 0 aromatic heterocycles. The minimum atomic E-state index is -0.0960. The van der Waals surface area contributed by atoms with Crippen LogP contribution in [0, 0.1) is 0 Å². The van der Waals surface area contributed by atoms with Crippen molar-refractivity contribution in [2.75, 3.05) is 6.61 Å². The SMILES string of the molecule is CCCCOc1ccccc1C1CCCCC1OC(=O)CC. The molecular weight excluding hydrogens is 276 g/mol. The van der Waals surface area contributed by atoms with Gasteiger partial charge in [-0.1, -0.05) is 44.9 Å². The Balaban J connectivity index is 2.14. The average molecular weight is 304 g/mol. The average Bonchev–Trinajstić information content (AvgIpc) is 2.56. The van der Waals surface area contributed by atoms with Gasteiger partial charge in [0.15, 0.2) is 0 Å². The summed E-state index contributed by atoms with van der Waals surface area (Å²) in [6.45, 7) is 4.76. The monoisotopic (exact) mass is 304 g/mol. The highest BCUT2D eigenvalue weighted by molar-refractivity contribution is 5.69. The van der Waals surface area contributed by atoms with Crippen LogP contribution in [0.4, 0.5) is 0 Å². The molecule has 22 heavy (non-hydrogen) atoms. The molecule has 0 aliphatic heterocycles. The second-order valence-corrected chi connectivity index (χ2v) is 6.01. The summed E-state index contributed by atoms with van der Waals surface area (Å²) in [6, 6.07) is 8.23. The zero-order chi connectivity index (χ0) is 15.8. The highest BCUT2D eigenvalue weighted by Gasteiger charge is 2.31. The molecule has 0 bridgehead atoms. The second-order valence-electron chi connectivity index (χ2n) is 6.01. The van der Waals surface area contributed by atoms with E-state index in [0.717, 1.165) is 44.5 Å². The first-order chi connectivity index (χ1) is 10.8. The van der Waals surface area contributed by atoms with Gasteiger partial charge in [-0.05, 0) is 31.7 Å². The molecule has 0 saturated heterocycles. The van der Waals surface area contributed by atoms with E-state index in [9.17, 15) is 4.79 Å². The van der Waals surface area contributed by atoms with Gasteiger partial charge < -0.3 is 9.47 Å². The fourth-order valence-corrected chi connectivity index (χ4v) is 3.09. The van der Waals surface area contributed by atoms with Crippen LogP contribution in [-0.4, -0.2) is 18.7 Å². The summed E-state index contributed by atoms with van der Waals surface area (Å²) < 4.78 is 11.7. The minimum Gasteiger partial charge on any atom is -0.493 e. The minimum absolute atomic E-state index is 0.00266. The molecule has 1 saturated carbocycles. The van der Waals surface area contributed by atoms with Crippen LogP contribution in [0.25, 0.3) is 0 Å². The standard InChI is InChI=1S/C19H28O3/c1-3-5-14-21-17-12-8-6-10-15(17)16-11-7-9-13-18(16)22-19(20)4-2/h6,8,10,12,16,18H,3-5,7,9,11,13-14H2,1-2H3. The Bertz CT molecular complexity index is 470. The molecule has 1 aliphatic carbocycles. The van der Waals surface area contributed by atoms with Crippen molar-refractivity contribution in [1.29, 1.82) is 0 Å². The Labute approximate surface area is 134 Å². The van der Waals surface area contributed by atoms with Crippen molar-refractivity contribution in [2.24, 2.45) is 0 Å². The van der Waals surface area contributed by atoms with Gasteiger partial charge in [0, 0.05) is 17.9 Å². The van der Waals surface area contributed by atoms with Gasteiger partial charge in [0.25, 0.3) is 0 Å². The van der Waals surface area contributed by atoms with Crippen molar-refractivity contribution in [3.05, 3.63) is 29.8 Å². The molecule has 122 valence electrons. The fourth-order valence-electron chi connectivity index (χ4n) is 3.09. The van der Waals surface area contributed by atoms with E-state index < -0.39 is 0 Å². The van der Waals surface area contributed by atoms with Gasteiger partial charge in [0.1, 0.15) is 11.9 Å². The van der Waals surface area contributed by atoms with Gasteiger partial charge in [-0.15, -0.1) is 0 Å². The maximum Gasteiger partial charge on any atom is 0.305 e. The molecule has 3 heteroatoms. The lowest BCUT2D eigenvalue weighted by Gasteiger charge is -2.32. The largest absolute Gasteiger partial charge is 0.493 e. The fraction of sp³-hybridized carbons (Fsp3) is 0.632. The van der Waals surface area contributed by atoms with Crippen LogP contribution in [0.1, 0.15) is 70.3 Å². The van der Waals surface area contributed by atoms with E-state index in [4.69, 9.17) is 9.47 Å². The Morgan fingerprint density at radius 3 is 2.73 bits per heavy atom. The second kappa shape index (κ2) is 8.82. The Morgan fingerprint density at radius 2 is 1.95 bits per heavy atom. The molecule has 0 N–H and O–H groups in total. The first kappa shape index (κ1) is 16.9. The van der Waals surface area contributed by atoms with E-state index in [0.29, 0.717) is 6.42 Å². The van der Waals surface area contributed by atoms with Crippen molar-refractivity contribution >= 4 is 5.97 Å². The quantitative estimate of drug-likeness (QED) is 0.534. The molecule has 1 aromatic carbocycles. The van der Waals surface area contributed by atoms with Crippen LogP contribution >= 0.6 is 0 Å². The maximum atomic E-state index is 11.7. The summed E-state index contributed by atoms with van der Waals surface area (Å²) in [4.78, 5) is 11.7. The number of benzene rings is 1. The lowest BCUT2D eigenvalue weighted by atomic mass is 9.81. The predicted octanol–water partition coefficient (Wildman–Crippen LogP) is 4.84. The lowest BCUT2D eigenvalue weighted by Crippen LogP contribution is -2.28. The molecule has 0 radical (unpaired) electrons. The summed E-state index contributed by atoms with van der Waals surface area (Å²) >= 11 is 0. The molecule has 0 amide bonds. The first-order valence-corrected chi connectivity index (χ1v) is 8.67. The van der Waals surface area contributed by atoms with E-state index in [-0.39, 0.29) is 18.0 Å². The van der Waals surface area contributed by atoms with Crippen LogP contribution in [0.2, 0.25) is 0 Å². The van der Waals surface area contributed by atoms with Gasteiger partial charge in [-0.25, -0.2) is 0 Å². The van der Waals surface area contributed by atoms with E-state index in [2.05, 4.69) is 19.1 Å². The van der Waals surface area contributed by atoms with Crippen molar-refractivity contribution < 1.29 is 14.3 Å². The Morgan fingerprint density at radius 1 is 1.18 bits per heavy atom. The first-order valence-electron chi connectivity index (χ1n) is 8.67. The number of ether oxygens (including phenoxy) is 2. The van der Waals surface area contributed by atoms with Crippen LogP contribution in [-0.2, 0) is 9.53 Å². The molecule has 0 spiro atoms. The van der Waals surface area contributed by atoms with Gasteiger partial charge >= 0.3 is 5.97 Å². The number of carbonyl (C=O) groups excluding carboxylic acids is 1. The molecule has 1 aliphatic rings. The molecule has 3 nitrogen and oxygen atoms in total. The summed E-state index contributed by atoms with van der Waals surface area (Å²) in [7, 11) is 0. The summed E-state index contributed by atoms with van der Waals surface area (Å²) in [5.41, 5.74) is 1.20. The van der Waals surface area contributed by atoms with Crippen molar-refractivity contribution in [3.8, 4) is 5.75 Å². The molecule has 2 rings (SSSR count). The number of unbranched alkanes of at least 4 members (excludes halogenated alkanes) is 1. The topological polar surface area (TPSA) is 35.5 Å². The summed E-state index contributed by atoms with van der Waals surface area (Å²) in [6.07, 6.45) is 6.98. The van der Waals surface area contributed by atoms with Crippen LogP contribution in [0.3, 0.4) is 0 Å². The number of rotatable bonds is 7. The van der Waals surface area contributed by atoms with Crippen LogP contribution in [0.5, 0.6) is 5.75 Å². The smallest absolute Gasteiger partial charge is 0.305 e. The van der Waals surface area contributed by atoms with E-state index in [1.54, 1.807) is 0 Å². The van der Waals surface area contributed by atoms with Gasteiger partial charge in [0.2, 0.25) is 0 Å². The van der Waals surface area contributed by atoms with Gasteiger partial charge in [-0.2, -0.15) is 0 Å². The third-order valence-corrected chi connectivity index (χ3v) is 4.35. The molecule has 2 unspecified atom stereocenters. The molecular formula is C19H28O3. The molecule has 0 heterocycles. The number of esters is 1. The number of hydrogen-bond acceptors (Lipinski definition) is 3. The molecule has 2 atom stereocenters. The maximum absolute atomic E-state index is 11.7. The number of carbonyl (C=O) groups is 1. The van der Waals surface area contributed by atoms with E-state index in [1.807, 2.05) is 19.1 Å². The molecule has 1 aromatic rings. The Hall–Kier alpha value is -1.51. The lowest BCUT2D eigenvalue weighted by molar-refractivity contribution is -0.151. The van der Waals surface area contributed by atoms with Gasteiger partial charge in [-0.3, -0.25) is 4.79 Å². The zero-order valence-electron chi connectivity index (χ0n) is 13.8. The molecule has 1 fully saturated rings. The van der Waals surface area contributed by atoms with Crippen LogP contribution in [0.15, 0.2) is 24.3 Å². The van der Waals surface area contributed by atoms with E-state index in [1.165, 1.54) is 12.0 Å².